The summed E-state index contributed by atoms with van der Waals surface area (Å²) in [7, 11) is 4.11. The van der Waals surface area contributed by atoms with Gasteiger partial charge in [0.2, 0.25) is 0 Å². The number of urea groups is 1. The summed E-state index contributed by atoms with van der Waals surface area (Å²) < 4.78 is 0. The van der Waals surface area contributed by atoms with Crippen LogP contribution in [0.5, 0.6) is 0 Å². The van der Waals surface area contributed by atoms with Gasteiger partial charge >= 0.3 is 6.03 Å². The Morgan fingerprint density at radius 1 is 1.38 bits per heavy atom. The molecule has 21 heavy (non-hydrogen) atoms. The minimum absolute atomic E-state index is 0.0112. The molecule has 2 spiro atoms. The van der Waals surface area contributed by atoms with Crippen molar-refractivity contribution in [3.8, 4) is 0 Å². The zero-order chi connectivity index (χ0) is 14.7. The van der Waals surface area contributed by atoms with E-state index in [4.69, 9.17) is 0 Å². The maximum Gasteiger partial charge on any atom is 0.315 e. The van der Waals surface area contributed by atoms with Crippen LogP contribution in [-0.4, -0.2) is 37.6 Å². The molecule has 114 valence electrons. The van der Waals surface area contributed by atoms with Crippen molar-refractivity contribution in [2.45, 2.75) is 37.8 Å². The second-order valence-corrected chi connectivity index (χ2v) is 7.92. The number of thiophene rings is 1. The normalized spacial score (nSPS) is 25.1. The molecule has 1 atom stereocenters. The van der Waals surface area contributed by atoms with Crippen LogP contribution in [0.1, 0.15) is 37.3 Å². The lowest BCUT2D eigenvalue weighted by Crippen LogP contribution is -2.42. The average molecular weight is 305 g/mol. The van der Waals surface area contributed by atoms with Crippen LogP contribution in [0.3, 0.4) is 0 Å². The number of rotatable bonds is 5. The molecule has 1 aromatic rings. The number of likely N-dealkylation sites (N-methyl/N-ethyl adjacent to an activating group) is 1. The second kappa shape index (κ2) is 4.46. The SMILES string of the molecule is CN(C)C(CNC(=O)NC1C2(CC2)C12CC2)c1ccsc1. The number of amides is 2. The number of nitrogens with one attached hydrogen (secondary N) is 2. The molecule has 4 nitrogen and oxygen atoms in total. The number of carbonyl (C=O) groups is 1. The topological polar surface area (TPSA) is 44.4 Å². The van der Waals surface area contributed by atoms with Crippen LogP contribution >= 0.6 is 11.3 Å². The van der Waals surface area contributed by atoms with Crippen molar-refractivity contribution in [1.82, 2.24) is 15.5 Å². The highest BCUT2D eigenvalue weighted by atomic mass is 32.1. The molecule has 4 rings (SSSR count). The quantitative estimate of drug-likeness (QED) is 0.878. The summed E-state index contributed by atoms with van der Waals surface area (Å²) >= 11 is 1.70. The lowest BCUT2D eigenvalue weighted by molar-refractivity contribution is 0.231. The maximum absolute atomic E-state index is 12.2. The van der Waals surface area contributed by atoms with E-state index in [0.717, 1.165) is 0 Å². The monoisotopic (exact) mass is 305 g/mol. The Labute approximate surface area is 129 Å². The fourth-order valence-corrected chi connectivity index (χ4v) is 5.00. The number of hydrogen-bond acceptors (Lipinski definition) is 3. The van der Waals surface area contributed by atoms with Crippen molar-refractivity contribution in [1.29, 1.82) is 0 Å². The minimum atomic E-state index is 0.0112. The molecule has 3 aliphatic carbocycles. The van der Waals surface area contributed by atoms with Crippen LogP contribution in [0.25, 0.3) is 0 Å². The zero-order valence-corrected chi connectivity index (χ0v) is 13.5. The fraction of sp³-hybridized carbons (Fsp3) is 0.688. The molecule has 0 aromatic carbocycles. The molecule has 2 N–H and O–H groups in total. The first-order valence-electron chi connectivity index (χ1n) is 7.82. The van der Waals surface area contributed by atoms with Crippen LogP contribution in [-0.2, 0) is 0 Å². The van der Waals surface area contributed by atoms with E-state index in [-0.39, 0.29) is 12.1 Å². The summed E-state index contributed by atoms with van der Waals surface area (Å²) in [5.41, 5.74) is 2.33. The van der Waals surface area contributed by atoms with Gasteiger partial charge in [-0.2, -0.15) is 11.3 Å². The van der Waals surface area contributed by atoms with Gasteiger partial charge in [-0.25, -0.2) is 4.79 Å². The average Bonchev–Trinajstić information content (AvgIpc) is 3.38. The third-order valence-electron chi connectivity index (χ3n) is 5.87. The van der Waals surface area contributed by atoms with E-state index >= 15 is 0 Å². The lowest BCUT2D eigenvalue weighted by atomic mass is 10.1. The minimum Gasteiger partial charge on any atom is -0.336 e. The maximum atomic E-state index is 12.2. The van der Waals surface area contributed by atoms with Crippen molar-refractivity contribution >= 4 is 17.4 Å². The van der Waals surface area contributed by atoms with Gasteiger partial charge in [0.05, 0.1) is 6.04 Å². The molecule has 0 radical (unpaired) electrons. The third-order valence-corrected chi connectivity index (χ3v) is 6.57. The van der Waals surface area contributed by atoms with E-state index in [1.54, 1.807) is 11.3 Å². The Bertz CT molecular complexity index is 528. The van der Waals surface area contributed by atoms with Crippen LogP contribution < -0.4 is 10.6 Å². The van der Waals surface area contributed by atoms with E-state index in [2.05, 4.69) is 46.5 Å². The predicted molar refractivity (Wildman–Crippen MR) is 84.4 cm³/mol. The number of fused-ring (bicyclic) bond motifs is 1. The van der Waals surface area contributed by atoms with Gasteiger partial charge in [-0.3, -0.25) is 0 Å². The van der Waals surface area contributed by atoms with E-state index < -0.39 is 0 Å². The number of nitrogens with zero attached hydrogens (tertiary/aromatic N) is 1. The molecule has 0 aliphatic heterocycles. The Morgan fingerprint density at radius 3 is 2.52 bits per heavy atom. The first-order chi connectivity index (χ1) is 10.1. The van der Waals surface area contributed by atoms with Crippen LogP contribution in [0, 0.1) is 10.8 Å². The highest BCUT2D eigenvalue weighted by Crippen LogP contribution is 2.88. The first kappa shape index (κ1) is 13.6. The van der Waals surface area contributed by atoms with Gasteiger partial charge < -0.3 is 15.5 Å². The number of carbonyl (C=O) groups excluding carboxylic acids is 1. The van der Waals surface area contributed by atoms with Crippen LogP contribution in [0.4, 0.5) is 4.79 Å². The molecule has 2 amide bonds. The summed E-state index contributed by atoms with van der Waals surface area (Å²) in [6.45, 7) is 0.655. The smallest absolute Gasteiger partial charge is 0.315 e. The standard InChI is InChI=1S/C16H23N3OS/c1-19(2)12(11-3-8-21-10-11)9-17-14(20)18-13-15(4-5-15)16(13)6-7-16/h3,8,10,12-13H,4-7,9H2,1-2H3,(H2,17,18,20). The highest BCUT2D eigenvalue weighted by molar-refractivity contribution is 7.07. The van der Waals surface area contributed by atoms with E-state index in [1.165, 1.54) is 31.2 Å². The summed E-state index contributed by atoms with van der Waals surface area (Å²) in [6, 6.07) is 2.85. The molecule has 3 saturated carbocycles. The van der Waals surface area contributed by atoms with Gasteiger partial charge in [-0.05, 0) is 73.0 Å². The largest absolute Gasteiger partial charge is 0.336 e. The summed E-state index contributed by atoms with van der Waals surface area (Å²) in [5, 5.41) is 10.5. The molecule has 5 heteroatoms. The number of hydrogen-bond donors (Lipinski definition) is 2. The highest BCUT2D eigenvalue weighted by Gasteiger charge is 2.87. The van der Waals surface area contributed by atoms with Crippen LogP contribution in [0.2, 0.25) is 0 Å². The van der Waals surface area contributed by atoms with Gasteiger partial charge in [-0.15, -0.1) is 0 Å². The van der Waals surface area contributed by atoms with Gasteiger partial charge in [0.25, 0.3) is 0 Å². The summed E-state index contributed by atoms with van der Waals surface area (Å²) in [5.74, 6) is 0. The van der Waals surface area contributed by atoms with Crippen LogP contribution in [0.15, 0.2) is 16.8 Å². The fourth-order valence-electron chi connectivity index (χ4n) is 4.29. The summed E-state index contributed by atoms with van der Waals surface area (Å²) in [4.78, 5) is 14.3. The third kappa shape index (κ3) is 2.01. The van der Waals surface area contributed by atoms with Crippen molar-refractivity contribution in [3.05, 3.63) is 22.4 Å². The van der Waals surface area contributed by atoms with Gasteiger partial charge in [0.1, 0.15) is 0 Å². The molecule has 0 saturated heterocycles. The summed E-state index contributed by atoms with van der Waals surface area (Å²) in [6.07, 6.45) is 5.31. The molecule has 1 aromatic heterocycles. The molecule has 3 fully saturated rings. The van der Waals surface area contributed by atoms with Crippen molar-refractivity contribution < 1.29 is 4.79 Å². The van der Waals surface area contributed by atoms with Crippen molar-refractivity contribution in [2.24, 2.45) is 10.8 Å². The van der Waals surface area contributed by atoms with E-state index in [1.807, 2.05) is 0 Å². The molecule has 3 aliphatic rings. The second-order valence-electron chi connectivity index (χ2n) is 7.14. The van der Waals surface area contributed by atoms with Crippen molar-refractivity contribution in [3.63, 3.8) is 0 Å². The predicted octanol–water partition coefficient (Wildman–Crippen LogP) is 2.59. The molecule has 0 bridgehead atoms. The van der Waals surface area contributed by atoms with Gasteiger partial charge in [-0.1, -0.05) is 0 Å². The van der Waals surface area contributed by atoms with Gasteiger partial charge in [0.15, 0.2) is 0 Å². The molecular weight excluding hydrogens is 282 g/mol. The van der Waals surface area contributed by atoms with Crippen molar-refractivity contribution in [2.75, 3.05) is 20.6 Å². The Balaban J connectivity index is 1.31. The first-order valence-corrected chi connectivity index (χ1v) is 8.76. The lowest BCUT2D eigenvalue weighted by Gasteiger charge is -2.24. The van der Waals surface area contributed by atoms with E-state index in [0.29, 0.717) is 23.4 Å². The zero-order valence-electron chi connectivity index (χ0n) is 12.7. The Morgan fingerprint density at radius 2 is 2.05 bits per heavy atom. The molecule has 1 unspecified atom stereocenters. The molecule has 1 heterocycles. The molecular formula is C16H23N3OS. The van der Waals surface area contributed by atoms with E-state index in [9.17, 15) is 4.79 Å². The Hall–Kier alpha value is -1.07. The van der Waals surface area contributed by atoms with Gasteiger partial charge in [0, 0.05) is 12.6 Å². The Kier molecular flexibility index (Phi) is 2.89.